The number of rotatable bonds is 8. The predicted molar refractivity (Wildman–Crippen MR) is 124 cm³/mol. The molecular formula is C22H31N5O2S. The average molecular weight is 430 g/mol. The highest BCUT2D eigenvalue weighted by molar-refractivity contribution is 8.14. The summed E-state index contributed by atoms with van der Waals surface area (Å²) in [6, 6.07) is 5.18. The fourth-order valence-corrected chi connectivity index (χ4v) is 4.84. The lowest BCUT2D eigenvalue weighted by Crippen LogP contribution is -2.38. The monoisotopic (exact) mass is 429 g/mol. The maximum absolute atomic E-state index is 11.0. The number of H-pyrrole nitrogens is 1. The topological polar surface area (TPSA) is 87.4 Å². The predicted octanol–water partition coefficient (Wildman–Crippen LogP) is 5.13. The Morgan fingerprint density at radius 1 is 1.33 bits per heavy atom. The van der Waals surface area contributed by atoms with Crippen molar-refractivity contribution < 1.29 is 4.92 Å². The number of aryl methyl sites for hydroxylation is 1. The van der Waals surface area contributed by atoms with Gasteiger partial charge in [0.2, 0.25) is 0 Å². The summed E-state index contributed by atoms with van der Waals surface area (Å²) in [5, 5.41) is 12.0. The highest BCUT2D eigenvalue weighted by Crippen LogP contribution is 2.31. The molecule has 1 aromatic carbocycles. The van der Waals surface area contributed by atoms with Crippen LogP contribution in [-0.4, -0.2) is 43.3 Å². The Labute approximate surface area is 182 Å². The Morgan fingerprint density at radius 3 is 2.73 bits per heavy atom. The SMILES string of the molecule is Cc1cc([N+](=O)[O-])ccc1N=C1SC[C@H](Cc2ncc(CC(C)C)[nH]2)N1CC(C)C. The lowest BCUT2D eigenvalue weighted by atomic mass is 10.1. The number of non-ortho nitro benzene ring substituents is 1. The summed E-state index contributed by atoms with van der Waals surface area (Å²) in [4.78, 5) is 26.0. The third-order valence-corrected chi connectivity index (χ3v) is 6.13. The molecule has 30 heavy (non-hydrogen) atoms. The summed E-state index contributed by atoms with van der Waals surface area (Å²) in [5.41, 5.74) is 2.89. The summed E-state index contributed by atoms with van der Waals surface area (Å²) in [6.07, 6.45) is 3.82. The molecule has 2 aromatic rings. The van der Waals surface area contributed by atoms with Gasteiger partial charge in [-0.2, -0.15) is 0 Å². The van der Waals surface area contributed by atoms with Gasteiger partial charge in [0.1, 0.15) is 5.82 Å². The number of hydrogen-bond acceptors (Lipinski definition) is 5. The van der Waals surface area contributed by atoms with Gasteiger partial charge in [0.15, 0.2) is 5.17 Å². The maximum atomic E-state index is 11.0. The van der Waals surface area contributed by atoms with Gasteiger partial charge in [-0.25, -0.2) is 9.98 Å². The van der Waals surface area contributed by atoms with E-state index < -0.39 is 0 Å². The molecule has 1 fully saturated rings. The van der Waals surface area contributed by atoms with Crippen molar-refractivity contribution in [1.29, 1.82) is 0 Å². The van der Waals surface area contributed by atoms with E-state index in [9.17, 15) is 10.1 Å². The third-order valence-electron chi connectivity index (χ3n) is 5.00. The molecule has 1 saturated heterocycles. The van der Waals surface area contributed by atoms with Gasteiger partial charge in [0, 0.05) is 48.8 Å². The van der Waals surface area contributed by atoms with Crippen LogP contribution in [0.5, 0.6) is 0 Å². The van der Waals surface area contributed by atoms with Crippen molar-refractivity contribution in [1.82, 2.24) is 14.9 Å². The lowest BCUT2D eigenvalue weighted by Gasteiger charge is -2.27. The van der Waals surface area contributed by atoms with E-state index in [0.29, 0.717) is 17.9 Å². The smallest absolute Gasteiger partial charge is 0.269 e. The summed E-state index contributed by atoms with van der Waals surface area (Å²) in [6.45, 7) is 11.6. The van der Waals surface area contributed by atoms with Crippen molar-refractivity contribution in [2.75, 3.05) is 12.3 Å². The summed E-state index contributed by atoms with van der Waals surface area (Å²) >= 11 is 1.75. The van der Waals surface area contributed by atoms with Gasteiger partial charge in [0.25, 0.3) is 5.69 Å². The van der Waals surface area contributed by atoms with Gasteiger partial charge in [-0.15, -0.1) is 0 Å². The summed E-state index contributed by atoms with van der Waals surface area (Å²) < 4.78 is 0. The number of nitrogens with one attached hydrogen (secondary N) is 1. The van der Waals surface area contributed by atoms with Gasteiger partial charge < -0.3 is 9.88 Å². The second-order valence-electron chi connectivity index (χ2n) is 8.79. The zero-order chi connectivity index (χ0) is 21.8. The van der Waals surface area contributed by atoms with Crippen LogP contribution in [0.25, 0.3) is 0 Å². The Hall–Kier alpha value is -2.35. The van der Waals surface area contributed by atoms with Gasteiger partial charge >= 0.3 is 0 Å². The molecule has 1 aromatic heterocycles. The molecule has 0 radical (unpaired) electrons. The molecule has 1 aliphatic heterocycles. The standard InChI is InChI=1S/C22H31N5O2S/c1-14(2)8-17-11-23-21(24-17)10-19-13-30-22(26(19)12-15(3)4)25-20-7-6-18(27(28)29)9-16(20)5/h6-7,9,11,14-15,19H,8,10,12-13H2,1-5H3,(H,23,24)/t19-/m0/s1. The van der Waals surface area contributed by atoms with Crippen LogP contribution < -0.4 is 0 Å². The van der Waals surface area contributed by atoms with Crippen LogP contribution in [0.1, 0.15) is 44.8 Å². The van der Waals surface area contributed by atoms with Crippen LogP contribution in [0.2, 0.25) is 0 Å². The minimum absolute atomic E-state index is 0.0995. The molecule has 0 spiro atoms. The molecule has 2 heterocycles. The minimum Gasteiger partial charge on any atom is -0.347 e. The number of aromatic amines is 1. The number of amidine groups is 1. The highest BCUT2D eigenvalue weighted by Gasteiger charge is 2.31. The number of aromatic nitrogens is 2. The largest absolute Gasteiger partial charge is 0.347 e. The van der Waals surface area contributed by atoms with Crippen LogP contribution in [0, 0.1) is 28.9 Å². The quantitative estimate of drug-likeness (QED) is 0.464. The number of imidazole rings is 1. The molecule has 0 amide bonds. The van der Waals surface area contributed by atoms with E-state index in [-0.39, 0.29) is 10.6 Å². The number of hydrogen-bond donors (Lipinski definition) is 1. The van der Waals surface area contributed by atoms with E-state index in [1.54, 1.807) is 23.9 Å². The maximum Gasteiger partial charge on any atom is 0.269 e. The molecule has 7 nitrogen and oxygen atoms in total. The molecular weight excluding hydrogens is 398 g/mol. The fourth-order valence-electron chi connectivity index (χ4n) is 3.64. The summed E-state index contributed by atoms with van der Waals surface area (Å²) in [7, 11) is 0. The molecule has 0 unspecified atom stereocenters. The molecule has 0 aliphatic carbocycles. The molecule has 1 aliphatic rings. The normalized spacial score (nSPS) is 18.2. The van der Waals surface area contributed by atoms with E-state index in [1.165, 1.54) is 11.8 Å². The zero-order valence-corrected chi connectivity index (χ0v) is 19.2. The average Bonchev–Trinajstić information content (AvgIpc) is 3.24. The second kappa shape index (κ2) is 9.64. The summed E-state index contributed by atoms with van der Waals surface area (Å²) in [5.74, 6) is 3.08. The number of nitro benzene ring substituents is 1. The van der Waals surface area contributed by atoms with E-state index in [1.807, 2.05) is 13.1 Å². The first kappa shape index (κ1) is 22.3. The Balaban J connectivity index is 1.80. The van der Waals surface area contributed by atoms with Crippen LogP contribution in [0.3, 0.4) is 0 Å². The fraction of sp³-hybridized carbons (Fsp3) is 0.545. The zero-order valence-electron chi connectivity index (χ0n) is 18.4. The van der Waals surface area contributed by atoms with Gasteiger partial charge in [0.05, 0.1) is 10.6 Å². The Bertz CT molecular complexity index is 922. The molecule has 0 bridgehead atoms. The van der Waals surface area contributed by atoms with Crippen LogP contribution in [0.15, 0.2) is 29.4 Å². The van der Waals surface area contributed by atoms with Crippen LogP contribution in [0.4, 0.5) is 11.4 Å². The van der Waals surface area contributed by atoms with Crippen molar-refractivity contribution in [3.8, 4) is 0 Å². The number of nitrogens with zero attached hydrogens (tertiary/aromatic N) is 4. The van der Waals surface area contributed by atoms with Gasteiger partial charge in [-0.05, 0) is 36.8 Å². The molecule has 8 heteroatoms. The first-order chi connectivity index (χ1) is 14.2. The first-order valence-electron chi connectivity index (χ1n) is 10.5. The van der Waals surface area contributed by atoms with Crippen molar-refractivity contribution in [3.05, 3.63) is 51.6 Å². The van der Waals surface area contributed by atoms with Crippen LogP contribution >= 0.6 is 11.8 Å². The van der Waals surface area contributed by atoms with Crippen molar-refractivity contribution in [2.24, 2.45) is 16.8 Å². The highest BCUT2D eigenvalue weighted by atomic mass is 32.2. The molecule has 1 atom stereocenters. The third kappa shape index (κ3) is 5.62. The molecule has 1 N–H and O–H groups in total. The van der Waals surface area contributed by atoms with E-state index in [4.69, 9.17) is 4.99 Å². The molecule has 0 saturated carbocycles. The van der Waals surface area contributed by atoms with Crippen LogP contribution in [-0.2, 0) is 12.8 Å². The lowest BCUT2D eigenvalue weighted by molar-refractivity contribution is -0.384. The Morgan fingerprint density at radius 2 is 2.10 bits per heavy atom. The van der Waals surface area contributed by atoms with Gasteiger partial charge in [-0.3, -0.25) is 10.1 Å². The number of aliphatic imine (C=N–C) groups is 1. The number of benzene rings is 1. The first-order valence-corrected chi connectivity index (χ1v) is 11.5. The second-order valence-corrected chi connectivity index (χ2v) is 9.78. The van der Waals surface area contributed by atoms with Crippen molar-refractivity contribution in [3.63, 3.8) is 0 Å². The Kier molecular flexibility index (Phi) is 7.18. The number of nitro groups is 1. The molecule has 3 rings (SSSR count). The number of thioether (sulfide) groups is 1. The van der Waals surface area contributed by atoms with Crippen molar-refractivity contribution >= 4 is 28.3 Å². The van der Waals surface area contributed by atoms with Crippen molar-refractivity contribution in [2.45, 2.75) is 53.5 Å². The molecule has 162 valence electrons. The minimum atomic E-state index is -0.369. The van der Waals surface area contributed by atoms with Gasteiger partial charge in [-0.1, -0.05) is 39.5 Å². The van der Waals surface area contributed by atoms with E-state index >= 15 is 0 Å². The van der Waals surface area contributed by atoms with E-state index in [0.717, 1.165) is 47.4 Å². The van der Waals surface area contributed by atoms with E-state index in [2.05, 4.69) is 42.6 Å².